The lowest BCUT2D eigenvalue weighted by Crippen LogP contribution is -1.95. The maximum Gasteiger partial charge on any atom is 0.203 e. The molecule has 27 heavy (non-hydrogen) atoms. The van der Waals surface area contributed by atoms with Crippen molar-refractivity contribution >= 4 is 39.1 Å². The molecule has 0 spiro atoms. The Hall–Kier alpha value is -2.92. The van der Waals surface area contributed by atoms with Gasteiger partial charge in [-0.1, -0.05) is 35.9 Å². The monoisotopic (exact) mass is 379 g/mol. The number of nitrogens with zero attached hydrogens (tertiary/aromatic N) is 2. The zero-order valence-corrected chi connectivity index (χ0v) is 15.5. The van der Waals surface area contributed by atoms with Crippen molar-refractivity contribution in [2.75, 3.05) is 12.8 Å². The molecule has 6 heteroatoms. The fourth-order valence-corrected chi connectivity index (χ4v) is 4.02. The van der Waals surface area contributed by atoms with Crippen LogP contribution < -0.4 is 10.5 Å². The van der Waals surface area contributed by atoms with Crippen molar-refractivity contribution in [2.45, 2.75) is 18.9 Å². The highest BCUT2D eigenvalue weighted by molar-refractivity contribution is 6.34. The first-order valence-corrected chi connectivity index (χ1v) is 9.22. The number of aromatic hydroxyl groups is 1. The number of methoxy groups -OCH3 is 1. The van der Waals surface area contributed by atoms with E-state index >= 15 is 0 Å². The van der Waals surface area contributed by atoms with Crippen LogP contribution in [0, 0.1) is 0 Å². The Kier molecular flexibility index (Phi) is 3.49. The lowest BCUT2D eigenvalue weighted by molar-refractivity contribution is 0.416. The van der Waals surface area contributed by atoms with Gasteiger partial charge in [-0.15, -0.1) is 0 Å². The molecule has 0 aliphatic heterocycles. The van der Waals surface area contributed by atoms with Gasteiger partial charge in [0.2, 0.25) is 5.88 Å². The van der Waals surface area contributed by atoms with E-state index in [1.807, 2.05) is 47.2 Å². The Bertz CT molecular complexity index is 1210. The van der Waals surface area contributed by atoms with Gasteiger partial charge in [0, 0.05) is 28.8 Å². The van der Waals surface area contributed by atoms with Gasteiger partial charge in [-0.2, -0.15) is 0 Å². The largest absolute Gasteiger partial charge is 0.496 e. The molecule has 5 nitrogen and oxygen atoms in total. The Morgan fingerprint density at radius 3 is 2.74 bits per heavy atom. The molecule has 1 aliphatic carbocycles. The van der Waals surface area contributed by atoms with E-state index in [0.29, 0.717) is 33.4 Å². The minimum atomic E-state index is 0.195. The van der Waals surface area contributed by atoms with Crippen LogP contribution in [0.5, 0.6) is 11.6 Å². The average molecular weight is 380 g/mol. The van der Waals surface area contributed by atoms with E-state index in [1.165, 1.54) is 0 Å². The second-order valence-electron chi connectivity index (χ2n) is 6.90. The summed E-state index contributed by atoms with van der Waals surface area (Å²) in [5.41, 5.74) is 10.0. The molecule has 0 bridgehead atoms. The smallest absolute Gasteiger partial charge is 0.203 e. The minimum Gasteiger partial charge on any atom is -0.496 e. The number of halogens is 1. The standard InChI is InChI=1S/C21H18ClN3O2/c1-27-16-7-3-6-14(22)17(16)12-4-2-5-13-19(23)18-15(24-20(12)13)10-25(21(18)26)11-8-9-11/h2-7,10-11,26H,8-9,23H2,1H3. The van der Waals surface area contributed by atoms with E-state index < -0.39 is 0 Å². The van der Waals surface area contributed by atoms with Crippen LogP contribution in [0.2, 0.25) is 5.02 Å². The van der Waals surface area contributed by atoms with Gasteiger partial charge in [0.15, 0.2) is 0 Å². The molecule has 0 amide bonds. The van der Waals surface area contributed by atoms with Crippen LogP contribution in [0.25, 0.3) is 32.9 Å². The Labute approximate surface area is 160 Å². The van der Waals surface area contributed by atoms with Crippen molar-refractivity contribution in [2.24, 2.45) is 0 Å². The lowest BCUT2D eigenvalue weighted by atomic mass is 9.99. The summed E-state index contributed by atoms with van der Waals surface area (Å²) in [6.45, 7) is 0. The van der Waals surface area contributed by atoms with Crippen molar-refractivity contribution in [3.05, 3.63) is 47.6 Å². The third kappa shape index (κ3) is 2.35. The first-order chi connectivity index (χ1) is 13.1. The van der Waals surface area contributed by atoms with Gasteiger partial charge in [0.25, 0.3) is 0 Å². The summed E-state index contributed by atoms with van der Waals surface area (Å²) in [5.74, 6) is 0.869. The van der Waals surface area contributed by atoms with E-state index in [2.05, 4.69) is 0 Å². The van der Waals surface area contributed by atoms with Gasteiger partial charge >= 0.3 is 0 Å². The summed E-state index contributed by atoms with van der Waals surface area (Å²) in [4.78, 5) is 4.85. The molecule has 1 fully saturated rings. The number of anilines is 1. The normalized spacial score (nSPS) is 14.1. The van der Waals surface area contributed by atoms with Gasteiger partial charge in [-0.25, -0.2) is 4.98 Å². The van der Waals surface area contributed by atoms with Gasteiger partial charge in [-0.3, -0.25) is 0 Å². The Morgan fingerprint density at radius 1 is 1.22 bits per heavy atom. The number of hydrogen-bond acceptors (Lipinski definition) is 4. The van der Waals surface area contributed by atoms with Crippen LogP contribution in [0.15, 0.2) is 42.6 Å². The summed E-state index contributed by atoms with van der Waals surface area (Å²) in [6.07, 6.45) is 4.02. The van der Waals surface area contributed by atoms with Crippen molar-refractivity contribution in [3.63, 3.8) is 0 Å². The number of pyridine rings is 1. The number of ether oxygens (including phenoxy) is 1. The van der Waals surface area contributed by atoms with Crippen LogP contribution in [-0.2, 0) is 0 Å². The Morgan fingerprint density at radius 2 is 2.00 bits per heavy atom. The third-order valence-corrected chi connectivity index (χ3v) is 5.53. The quantitative estimate of drug-likeness (QED) is 0.516. The van der Waals surface area contributed by atoms with Crippen molar-refractivity contribution in [1.82, 2.24) is 9.55 Å². The number of fused-ring (bicyclic) bond motifs is 2. The van der Waals surface area contributed by atoms with E-state index in [-0.39, 0.29) is 5.88 Å². The molecule has 1 saturated carbocycles. The third-order valence-electron chi connectivity index (χ3n) is 5.22. The van der Waals surface area contributed by atoms with Gasteiger partial charge in [-0.05, 0) is 25.0 Å². The van der Waals surface area contributed by atoms with Crippen LogP contribution in [0.4, 0.5) is 5.69 Å². The number of hydrogen-bond donors (Lipinski definition) is 2. The molecule has 2 heterocycles. The fraction of sp³-hybridized carbons (Fsp3) is 0.190. The van der Waals surface area contributed by atoms with E-state index in [4.69, 9.17) is 27.1 Å². The molecule has 2 aromatic carbocycles. The number of rotatable bonds is 3. The van der Waals surface area contributed by atoms with Crippen LogP contribution in [0.3, 0.4) is 0 Å². The van der Waals surface area contributed by atoms with Crippen LogP contribution in [0.1, 0.15) is 18.9 Å². The minimum absolute atomic E-state index is 0.195. The molecule has 136 valence electrons. The van der Waals surface area contributed by atoms with E-state index in [1.54, 1.807) is 7.11 Å². The van der Waals surface area contributed by atoms with E-state index in [9.17, 15) is 5.11 Å². The van der Waals surface area contributed by atoms with E-state index in [0.717, 1.165) is 34.9 Å². The molecule has 0 atom stereocenters. The molecular formula is C21H18ClN3O2. The molecule has 0 radical (unpaired) electrons. The predicted octanol–water partition coefficient (Wildman–Crippen LogP) is 5.14. The fourth-order valence-electron chi connectivity index (χ4n) is 3.75. The molecule has 5 rings (SSSR count). The van der Waals surface area contributed by atoms with Gasteiger partial charge in [0.05, 0.1) is 34.2 Å². The average Bonchev–Trinajstić information content (AvgIpc) is 3.45. The highest BCUT2D eigenvalue weighted by Gasteiger charge is 2.28. The maximum atomic E-state index is 10.7. The number of nitrogen functional groups attached to an aromatic ring is 1. The van der Waals surface area contributed by atoms with Crippen LogP contribution >= 0.6 is 11.6 Å². The molecule has 3 N–H and O–H groups in total. The van der Waals surface area contributed by atoms with Crippen molar-refractivity contribution in [3.8, 4) is 22.8 Å². The lowest BCUT2D eigenvalue weighted by Gasteiger charge is -2.13. The number of nitrogens with two attached hydrogens (primary N) is 1. The van der Waals surface area contributed by atoms with Crippen molar-refractivity contribution in [1.29, 1.82) is 0 Å². The zero-order valence-electron chi connectivity index (χ0n) is 14.7. The summed E-state index contributed by atoms with van der Waals surface area (Å²) >= 11 is 6.50. The topological polar surface area (TPSA) is 73.3 Å². The van der Waals surface area contributed by atoms with Gasteiger partial charge < -0.3 is 20.1 Å². The number of benzene rings is 2. The maximum absolute atomic E-state index is 10.7. The Balaban J connectivity index is 1.87. The molecule has 1 aliphatic rings. The molecule has 4 aromatic rings. The number of aromatic nitrogens is 2. The first-order valence-electron chi connectivity index (χ1n) is 8.84. The van der Waals surface area contributed by atoms with Crippen molar-refractivity contribution < 1.29 is 9.84 Å². The molecule has 2 aromatic heterocycles. The highest BCUT2D eigenvalue weighted by atomic mass is 35.5. The van der Waals surface area contributed by atoms with Crippen LogP contribution in [-0.4, -0.2) is 21.8 Å². The summed E-state index contributed by atoms with van der Waals surface area (Å²) in [7, 11) is 1.62. The molecular weight excluding hydrogens is 362 g/mol. The van der Waals surface area contributed by atoms with Gasteiger partial charge in [0.1, 0.15) is 5.75 Å². The second kappa shape index (κ2) is 5.79. The SMILES string of the molecule is COc1cccc(Cl)c1-c1cccc2c(N)c3c(O)n(C4CC4)cc3nc12. The molecule has 0 unspecified atom stereocenters. The second-order valence-corrected chi connectivity index (χ2v) is 7.30. The first kappa shape index (κ1) is 16.3. The zero-order chi connectivity index (χ0) is 18.7. The highest BCUT2D eigenvalue weighted by Crippen LogP contribution is 2.46. The molecule has 0 saturated heterocycles. The summed E-state index contributed by atoms with van der Waals surface area (Å²) in [5, 5.41) is 12.6. The summed E-state index contributed by atoms with van der Waals surface area (Å²) in [6, 6.07) is 11.7. The predicted molar refractivity (Wildman–Crippen MR) is 109 cm³/mol. The summed E-state index contributed by atoms with van der Waals surface area (Å²) < 4.78 is 7.40. The number of para-hydroxylation sites is 1.